The molecule has 20 heavy (non-hydrogen) atoms. The van der Waals surface area contributed by atoms with Gasteiger partial charge in [-0.2, -0.15) is 13.2 Å². The first-order valence-electron chi connectivity index (χ1n) is 5.59. The zero-order chi connectivity index (χ0) is 15.5. The van der Waals surface area contributed by atoms with Crippen LogP contribution in [0.5, 0.6) is 0 Å². The third-order valence-electron chi connectivity index (χ3n) is 2.32. The lowest BCUT2D eigenvalue weighted by molar-refractivity contribution is -0.145. The van der Waals surface area contributed by atoms with Crippen molar-refractivity contribution < 1.29 is 27.9 Å². The summed E-state index contributed by atoms with van der Waals surface area (Å²) in [4.78, 5) is 29.8. The normalized spacial score (nSPS) is 11.2. The van der Waals surface area contributed by atoms with Gasteiger partial charge >= 0.3 is 12.1 Å². The van der Waals surface area contributed by atoms with Crippen LogP contribution in [0.4, 0.5) is 13.2 Å². The van der Waals surface area contributed by atoms with Crippen LogP contribution in [0, 0.1) is 6.92 Å². The summed E-state index contributed by atoms with van der Waals surface area (Å²) in [6.07, 6.45) is -4.77. The van der Waals surface area contributed by atoms with Crippen molar-refractivity contribution in [3.8, 4) is 0 Å². The topological polar surface area (TPSA) is 83.4 Å². The molecule has 0 aromatic carbocycles. The number of aliphatic carboxylic acids is 1. The highest BCUT2D eigenvalue weighted by Gasteiger charge is 2.36. The minimum absolute atomic E-state index is 0.0259. The van der Waals surface area contributed by atoms with Crippen molar-refractivity contribution in [1.82, 2.24) is 14.9 Å². The Morgan fingerprint density at radius 1 is 1.35 bits per heavy atom. The van der Waals surface area contributed by atoms with Gasteiger partial charge in [0.05, 0.1) is 0 Å². The van der Waals surface area contributed by atoms with Crippen LogP contribution in [0.25, 0.3) is 0 Å². The first kappa shape index (κ1) is 15.9. The van der Waals surface area contributed by atoms with Crippen molar-refractivity contribution >= 4 is 11.9 Å². The Morgan fingerprint density at radius 2 is 1.95 bits per heavy atom. The van der Waals surface area contributed by atoms with Crippen molar-refractivity contribution in [2.45, 2.75) is 20.0 Å². The molecule has 0 aliphatic carbocycles. The summed E-state index contributed by atoms with van der Waals surface area (Å²) in [5, 5.41) is 8.64. The van der Waals surface area contributed by atoms with Crippen molar-refractivity contribution in [3.05, 3.63) is 23.3 Å². The van der Waals surface area contributed by atoms with Gasteiger partial charge in [-0.15, -0.1) is 0 Å². The Kier molecular flexibility index (Phi) is 4.64. The number of carbonyl (C=O) groups is 2. The molecule has 6 nitrogen and oxygen atoms in total. The SMILES string of the molecule is CCN(CC(=O)O)C(=O)c1cc(C)nc(C(F)(F)F)n1. The van der Waals surface area contributed by atoms with Crippen LogP contribution in [0.2, 0.25) is 0 Å². The van der Waals surface area contributed by atoms with Gasteiger partial charge in [-0.3, -0.25) is 9.59 Å². The molecule has 9 heteroatoms. The van der Waals surface area contributed by atoms with Gasteiger partial charge in [0.15, 0.2) is 0 Å². The van der Waals surface area contributed by atoms with E-state index < -0.39 is 36.1 Å². The average molecular weight is 291 g/mol. The highest BCUT2D eigenvalue weighted by molar-refractivity contribution is 5.94. The number of halogens is 3. The second-order valence-electron chi connectivity index (χ2n) is 3.93. The molecule has 1 aromatic heterocycles. The van der Waals surface area contributed by atoms with Gasteiger partial charge in [0, 0.05) is 12.2 Å². The predicted octanol–water partition coefficient (Wildman–Crippen LogP) is 1.35. The molecule has 0 radical (unpaired) electrons. The minimum Gasteiger partial charge on any atom is -0.480 e. The largest absolute Gasteiger partial charge is 0.480 e. The van der Waals surface area contributed by atoms with Crippen LogP contribution in [-0.2, 0) is 11.0 Å². The summed E-state index contributed by atoms with van der Waals surface area (Å²) in [5.74, 6) is -3.57. The van der Waals surface area contributed by atoms with E-state index in [0.717, 1.165) is 11.0 Å². The van der Waals surface area contributed by atoms with E-state index in [9.17, 15) is 22.8 Å². The second-order valence-corrected chi connectivity index (χ2v) is 3.93. The second kappa shape index (κ2) is 5.85. The van der Waals surface area contributed by atoms with E-state index in [1.165, 1.54) is 13.8 Å². The first-order valence-corrected chi connectivity index (χ1v) is 5.59. The maximum atomic E-state index is 12.6. The number of aryl methyl sites for hydroxylation is 1. The highest BCUT2D eigenvalue weighted by Crippen LogP contribution is 2.26. The van der Waals surface area contributed by atoms with Crippen molar-refractivity contribution in [2.75, 3.05) is 13.1 Å². The summed E-state index contributed by atoms with van der Waals surface area (Å²) >= 11 is 0. The Morgan fingerprint density at radius 3 is 2.40 bits per heavy atom. The molecule has 1 amide bonds. The van der Waals surface area contributed by atoms with Crippen molar-refractivity contribution in [1.29, 1.82) is 0 Å². The number of carboxylic acid groups (broad SMARTS) is 1. The zero-order valence-electron chi connectivity index (χ0n) is 10.7. The number of hydrogen-bond acceptors (Lipinski definition) is 4. The molecule has 0 fully saturated rings. The molecule has 1 N–H and O–H groups in total. The summed E-state index contributed by atoms with van der Waals surface area (Å²) in [7, 11) is 0. The fourth-order valence-corrected chi connectivity index (χ4v) is 1.46. The van der Waals surface area contributed by atoms with Crippen LogP contribution >= 0.6 is 0 Å². The molecule has 1 aromatic rings. The molecule has 0 saturated heterocycles. The minimum atomic E-state index is -4.77. The molecular weight excluding hydrogens is 279 g/mol. The average Bonchev–Trinajstić information content (AvgIpc) is 2.33. The van der Waals surface area contributed by atoms with E-state index in [0.29, 0.717) is 0 Å². The molecule has 0 bridgehead atoms. The molecule has 0 spiro atoms. The van der Waals surface area contributed by atoms with Gasteiger partial charge < -0.3 is 10.0 Å². The number of likely N-dealkylation sites (N-methyl/N-ethyl adjacent to an activating group) is 1. The van der Waals surface area contributed by atoms with E-state index in [-0.39, 0.29) is 12.2 Å². The summed E-state index contributed by atoms with van der Waals surface area (Å²) in [6.45, 7) is 2.23. The lowest BCUT2D eigenvalue weighted by Crippen LogP contribution is -2.36. The number of aromatic nitrogens is 2. The number of hydrogen-bond donors (Lipinski definition) is 1. The molecule has 0 aliphatic heterocycles. The van der Waals surface area contributed by atoms with Gasteiger partial charge in [-0.25, -0.2) is 9.97 Å². The van der Waals surface area contributed by atoms with Crippen LogP contribution in [-0.4, -0.2) is 44.9 Å². The Balaban J connectivity index is 3.15. The number of rotatable bonds is 4. The number of nitrogens with zero attached hydrogens (tertiary/aromatic N) is 3. The number of carboxylic acids is 1. The van der Waals surface area contributed by atoms with Gasteiger partial charge in [-0.1, -0.05) is 0 Å². The highest BCUT2D eigenvalue weighted by atomic mass is 19.4. The molecule has 0 atom stereocenters. The van der Waals surface area contributed by atoms with Crippen LogP contribution < -0.4 is 0 Å². The van der Waals surface area contributed by atoms with E-state index >= 15 is 0 Å². The van der Waals surface area contributed by atoms with E-state index in [1.807, 2.05) is 0 Å². The van der Waals surface area contributed by atoms with Crippen LogP contribution in [0.1, 0.15) is 28.9 Å². The molecule has 1 heterocycles. The number of alkyl halides is 3. The zero-order valence-corrected chi connectivity index (χ0v) is 10.7. The van der Waals surface area contributed by atoms with Crippen molar-refractivity contribution in [3.63, 3.8) is 0 Å². The van der Waals surface area contributed by atoms with Gasteiger partial charge in [0.25, 0.3) is 5.91 Å². The molecule has 0 aliphatic rings. The Labute approximate surface area is 112 Å². The van der Waals surface area contributed by atoms with Crippen LogP contribution in [0.15, 0.2) is 6.07 Å². The smallest absolute Gasteiger partial charge is 0.451 e. The van der Waals surface area contributed by atoms with E-state index in [4.69, 9.17) is 5.11 Å². The standard InChI is InChI=1S/C11H12F3N3O3/c1-3-17(5-8(18)19)9(20)7-4-6(2)15-10(16-7)11(12,13)14/h4H,3,5H2,1-2H3,(H,18,19). The van der Waals surface area contributed by atoms with Crippen molar-refractivity contribution in [2.24, 2.45) is 0 Å². The number of amides is 1. The molecule has 1 rings (SSSR count). The summed E-state index contributed by atoms with van der Waals surface area (Å²) in [6, 6.07) is 1.09. The Bertz CT molecular complexity index is 531. The summed E-state index contributed by atoms with van der Waals surface area (Å²) < 4.78 is 37.7. The van der Waals surface area contributed by atoms with Gasteiger partial charge in [0.2, 0.25) is 5.82 Å². The fraction of sp³-hybridized carbons (Fsp3) is 0.455. The lowest BCUT2D eigenvalue weighted by Gasteiger charge is -2.18. The maximum Gasteiger partial charge on any atom is 0.451 e. The fourth-order valence-electron chi connectivity index (χ4n) is 1.46. The third-order valence-corrected chi connectivity index (χ3v) is 2.32. The predicted molar refractivity (Wildman–Crippen MR) is 61.0 cm³/mol. The monoisotopic (exact) mass is 291 g/mol. The molecule has 0 unspecified atom stereocenters. The lowest BCUT2D eigenvalue weighted by atomic mass is 10.3. The third kappa shape index (κ3) is 3.90. The van der Waals surface area contributed by atoms with Crippen LogP contribution in [0.3, 0.4) is 0 Å². The Hall–Kier alpha value is -2.19. The van der Waals surface area contributed by atoms with E-state index in [1.54, 1.807) is 0 Å². The first-order chi connectivity index (χ1) is 9.15. The van der Waals surface area contributed by atoms with Gasteiger partial charge in [0.1, 0.15) is 12.2 Å². The quantitative estimate of drug-likeness (QED) is 0.905. The molecular formula is C11H12F3N3O3. The molecule has 0 saturated carbocycles. The molecule has 110 valence electrons. The van der Waals surface area contributed by atoms with Gasteiger partial charge in [-0.05, 0) is 19.9 Å². The maximum absolute atomic E-state index is 12.6. The summed E-state index contributed by atoms with van der Waals surface area (Å²) in [5.41, 5.74) is -0.505. The number of carbonyl (C=O) groups excluding carboxylic acids is 1. The van der Waals surface area contributed by atoms with E-state index in [2.05, 4.69) is 9.97 Å².